The predicted octanol–water partition coefficient (Wildman–Crippen LogP) is 10.2. The molecule has 0 aliphatic heterocycles. The molecule has 0 amide bonds. The third kappa shape index (κ3) is 11.1. The first-order valence-corrected chi connectivity index (χ1v) is 23.0. The number of hydrogen-bond donors (Lipinski definition) is 3. The van der Waals surface area contributed by atoms with E-state index < -0.39 is 40.9 Å². The number of nitrogens with zero attached hydrogens (tertiary/aromatic N) is 13. The maximum Gasteiger partial charge on any atom is 0.451 e. The fourth-order valence-electron chi connectivity index (χ4n) is 7.47. The van der Waals surface area contributed by atoms with Gasteiger partial charge in [0.25, 0.3) is 5.69 Å². The van der Waals surface area contributed by atoms with Crippen LogP contribution in [0.5, 0.6) is 11.5 Å². The molecule has 3 N–H and O–H groups in total. The van der Waals surface area contributed by atoms with Crippen molar-refractivity contribution in [3.05, 3.63) is 119 Å². The van der Waals surface area contributed by atoms with E-state index in [1.807, 2.05) is 0 Å². The molecule has 394 valence electrons. The van der Waals surface area contributed by atoms with Crippen molar-refractivity contribution in [3.63, 3.8) is 0 Å². The number of benzene rings is 3. The Morgan fingerprint density at radius 1 is 0.500 bits per heavy atom. The van der Waals surface area contributed by atoms with Crippen LogP contribution in [0.2, 0.25) is 0 Å². The SMILES string of the molecule is COc1ccc(-n2cnc3c(NC4CC4)nc(C(F)(F)F)nc32)cc1.COc1cccc(-n2cnc3c(NC4CC4)nc(C(F)(F)F)nc32)c1.O=[N+]([O-])c1cccc(-n2cnc3c(NC4CC4)nc(C(F)(F)F)nc32)c1. The van der Waals surface area contributed by atoms with Gasteiger partial charge >= 0.3 is 18.5 Å². The summed E-state index contributed by atoms with van der Waals surface area (Å²) in [6.07, 6.45) is -4.53. The maximum atomic E-state index is 13.2. The number of non-ortho nitro benzene ring substituents is 1. The lowest BCUT2D eigenvalue weighted by Crippen LogP contribution is -2.15. The fraction of sp³-hybridized carbons (Fsp3) is 0.298. The van der Waals surface area contributed by atoms with Crippen molar-refractivity contribution in [1.82, 2.24) is 58.6 Å². The topological polar surface area (TPSA) is 228 Å². The Bertz CT molecular complexity index is 3610. The van der Waals surface area contributed by atoms with E-state index in [4.69, 9.17) is 9.47 Å². The molecule has 0 unspecified atom stereocenters. The van der Waals surface area contributed by atoms with E-state index in [0.717, 1.165) is 38.5 Å². The lowest BCUT2D eigenvalue weighted by molar-refractivity contribution is -0.384. The second-order valence-electron chi connectivity index (χ2n) is 17.5. The Kier molecular flexibility index (Phi) is 13.1. The van der Waals surface area contributed by atoms with Crippen molar-refractivity contribution in [3.8, 4) is 28.6 Å². The normalized spacial score (nSPS) is 14.7. The number of nitro groups is 1. The second kappa shape index (κ2) is 19.7. The number of imidazole rings is 3. The van der Waals surface area contributed by atoms with Crippen molar-refractivity contribution in [1.29, 1.82) is 0 Å². The Labute approximate surface area is 421 Å². The molecule has 20 nitrogen and oxygen atoms in total. The lowest BCUT2D eigenvalue weighted by atomic mass is 10.3. The average molecular weight is 1060 g/mol. The van der Waals surface area contributed by atoms with Crippen LogP contribution in [-0.2, 0) is 18.5 Å². The van der Waals surface area contributed by atoms with Crippen molar-refractivity contribution < 1.29 is 53.9 Å². The summed E-state index contributed by atoms with van der Waals surface area (Å²) < 4.78 is 133. The molecule has 9 aromatic rings. The van der Waals surface area contributed by atoms with Crippen molar-refractivity contribution in [2.24, 2.45) is 0 Å². The van der Waals surface area contributed by atoms with Crippen LogP contribution in [0.15, 0.2) is 91.8 Å². The maximum absolute atomic E-state index is 13.2. The predicted molar refractivity (Wildman–Crippen MR) is 255 cm³/mol. The molecule has 0 saturated heterocycles. The van der Waals surface area contributed by atoms with Gasteiger partial charge in [-0.25, -0.2) is 44.9 Å². The van der Waals surface area contributed by atoms with E-state index >= 15 is 0 Å². The van der Waals surface area contributed by atoms with Crippen LogP contribution in [0, 0.1) is 10.1 Å². The molecule has 0 atom stereocenters. The van der Waals surface area contributed by atoms with Crippen LogP contribution >= 0.6 is 0 Å². The highest BCUT2D eigenvalue weighted by atomic mass is 19.4. The molecule has 0 bridgehead atoms. The Hall–Kier alpha value is -8.92. The summed E-state index contributed by atoms with van der Waals surface area (Å²) in [5, 5.41) is 19.9. The van der Waals surface area contributed by atoms with Crippen LogP contribution < -0.4 is 25.4 Å². The van der Waals surface area contributed by atoms with Crippen LogP contribution in [0.25, 0.3) is 50.6 Å². The Balaban J connectivity index is 0.000000130. The van der Waals surface area contributed by atoms with Crippen LogP contribution in [0.3, 0.4) is 0 Å². The van der Waals surface area contributed by atoms with Crippen LogP contribution in [-0.4, -0.2) is 95.8 Å². The van der Waals surface area contributed by atoms with E-state index in [-0.39, 0.29) is 69.4 Å². The van der Waals surface area contributed by atoms with Gasteiger partial charge in [0.1, 0.15) is 30.5 Å². The summed E-state index contributed by atoms with van der Waals surface area (Å²) in [7, 11) is 3.06. The summed E-state index contributed by atoms with van der Waals surface area (Å²) >= 11 is 0. The first-order chi connectivity index (χ1) is 36.2. The number of methoxy groups -OCH3 is 2. The Morgan fingerprint density at radius 3 is 1.22 bits per heavy atom. The number of fused-ring (bicyclic) bond motifs is 3. The second-order valence-corrected chi connectivity index (χ2v) is 17.5. The highest BCUT2D eigenvalue weighted by Crippen LogP contribution is 2.37. The van der Waals surface area contributed by atoms with Gasteiger partial charge in [0.2, 0.25) is 17.5 Å². The van der Waals surface area contributed by atoms with Gasteiger partial charge in [0, 0.05) is 42.0 Å². The minimum atomic E-state index is -4.73. The molecule has 0 spiro atoms. The van der Waals surface area contributed by atoms with E-state index in [0.29, 0.717) is 33.9 Å². The van der Waals surface area contributed by atoms with Gasteiger partial charge in [-0.15, -0.1) is 0 Å². The number of alkyl halides is 9. The number of nitro benzene ring substituents is 1. The molecule has 3 aromatic carbocycles. The average Bonchev–Trinajstić information content (AvgIpc) is 4.38. The highest BCUT2D eigenvalue weighted by molar-refractivity contribution is 5.86. The number of hydrogen-bond acceptors (Lipinski definition) is 16. The largest absolute Gasteiger partial charge is 0.497 e. The standard InChI is InChI=1S/2C16H14F3N5O.C15H11F3N6O2/c1-25-11-6-4-10(5-7-11)24-8-20-12-13(21-9-2-3-9)22-15(16(17,18)19)23-14(12)24;1-25-11-4-2-3-10(7-11)24-8-20-12-13(21-9-5-6-9)22-15(16(17,18)19)23-14(12)24;16-15(17,18)14-21-12(20-8-4-5-8)11-13(22-14)23(7-19-11)9-2-1-3-10(6-9)24(25)26/h4-9H,2-3H2,1H3,(H,21,22,23);2-4,7-9H,5-6H2,1H3,(H,21,22,23);1-3,6-8H,4-5H2,(H,20,21,22). The fourth-order valence-corrected chi connectivity index (χ4v) is 7.47. The van der Waals surface area contributed by atoms with Gasteiger partial charge in [0.05, 0.1) is 30.5 Å². The van der Waals surface area contributed by atoms with Gasteiger partial charge in [-0.2, -0.15) is 39.5 Å². The van der Waals surface area contributed by atoms with E-state index in [1.165, 1.54) is 64.1 Å². The number of aromatic nitrogens is 12. The van der Waals surface area contributed by atoms with Gasteiger partial charge in [-0.3, -0.25) is 23.8 Å². The first-order valence-electron chi connectivity index (χ1n) is 23.0. The highest BCUT2D eigenvalue weighted by Gasteiger charge is 2.39. The van der Waals surface area contributed by atoms with Gasteiger partial charge in [-0.1, -0.05) is 12.1 Å². The third-order valence-corrected chi connectivity index (χ3v) is 11.7. The molecule has 29 heteroatoms. The van der Waals surface area contributed by atoms with Crippen LogP contribution in [0.4, 0.5) is 62.7 Å². The third-order valence-electron chi connectivity index (χ3n) is 11.7. The summed E-state index contributed by atoms with van der Waals surface area (Å²) in [5.74, 6) is -2.19. The summed E-state index contributed by atoms with van der Waals surface area (Å²) in [6.45, 7) is 0. The number of anilines is 3. The van der Waals surface area contributed by atoms with Gasteiger partial charge < -0.3 is 25.4 Å². The summed E-state index contributed by atoms with van der Waals surface area (Å²) in [5.41, 5.74) is 2.26. The zero-order valence-electron chi connectivity index (χ0n) is 39.5. The zero-order chi connectivity index (χ0) is 53.7. The van der Waals surface area contributed by atoms with Crippen molar-refractivity contribution in [2.45, 2.75) is 75.2 Å². The monoisotopic (exact) mass is 1060 g/mol. The van der Waals surface area contributed by atoms with Gasteiger partial charge in [-0.05, 0) is 81.0 Å². The molecule has 6 heterocycles. The molecule has 3 fully saturated rings. The lowest BCUT2D eigenvalue weighted by Gasteiger charge is -2.11. The number of rotatable bonds is 12. The zero-order valence-corrected chi connectivity index (χ0v) is 39.5. The van der Waals surface area contributed by atoms with Crippen molar-refractivity contribution >= 4 is 56.6 Å². The molecule has 0 radical (unpaired) electrons. The first kappa shape index (κ1) is 50.6. The molecule has 76 heavy (non-hydrogen) atoms. The van der Waals surface area contributed by atoms with Crippen LogP contribution in [0.1, 0.15) is 56.0 Å². The summed E-state index contributed by atoms with van der Waals surface area (Å²) in [4.78, 5) is 44.8. The Morgan fingerprint density at radius 2 is 0.868 bits per heavy atom. The molecule has 3 aliphatic rings. The minimum absolute atomic E-state index is 0.00834. The molecule has 3 saturated carbocycles. The molecule has 6 aromatic heterocycles. The van der Waals surface area contributed by atoms with E-state index in [1.54, 1.807) is 55.6 Å². The smallest absolute Gasteiger partial charge is 0.451 e. The van der Waals surface area contributed by atoms with Gasteiger partial charge in [0.15, 0.2) is 50.9 Å². The minimum Gasteiger partial charge on any atom is -0.497 e. The van der Waals surface area contributed by atoms with E-state index in [2.05, 4.69) is 60.8 Å². The molecule has 12 rings (SSSR count). The summed E-state index contributed by atoms with van der Waals surface area (Å²) in [6, 6.07) is 19.7. The van der Waals surface area contributed by atoms with Crippen molar-refractivity contribution in [2.75, 3.05) is 30.2 Å². The quantitative estimate of drug-likeness (QED) is 0.0587. The number of ether oxygens (including phenoxy) is 2. The van der Waals surface area contributed by atoms with E-state index in [9.17, 15) is 49.6 Å². The molecule has 3 aliphatic carbocycles. The molecular formula is C47H39F9N16O4. The molecular weight excluding hydrogens is 1020 g/mol. The number of nitrogens with one attached hydrogen (secondary N) is 3. The number of halogens is 9.